The van der Waals surface area contributed by atoms with Crippen LogP contribution in [-0.2, 0) is 6.54 Å². The van der Waals surface area contributed by atoms with Gasteiger partial charge in [-0.2, -0.15) is 0 Å². The summed E-state index contributed by atoms with van der Waals surface area (Å²) in [5, 5.41) is 18.3. The number of aliphatic imine (C=N–C) groups is 1. The number of rotatable bonds is 5. The van der Waals surface area contributed by atoms with Crippen molar-refractivity contribution in [1.29, 1.82) is 0 Å². The molecular weight excluding hydrogens is 481 g/mol. The smallest absolute Gasteiger partial charge is 0.191 e. The first kappa shape index (κ1) is 19.5. The quantitative estimate of drug-likeness (QED) is 0.335. The lowest BCUT2D eigenvalue weighted by molar-refractivity contribution is 0.151. The molecule has 22 heavy (non-hydrogen) atoms. The van der Waals surface area contributed by atoms with Crippen LogP contribution in [-0.4, -0.2) is 24.7 Å². The number of aryl methyl sites for hydroxylation is 1. The van der Waals surface area contributed by atoms with E-state index in [9.17, 15) is 5.11 Å². The average molecular weight is 500 g/mol. The van der Waals surface area contributed by atoms with E-state index in [0.29, 0.717) is 24.8 Å². The number of thiophene rings is 1. The third-order valence-electron chi connectivity index (χ3n) is 2.83. The maximum atomic E-state index is 10.0. The Morgan fingerprint density at radius 2 is 2.23 bits per heavy atom. The molecule has 0 aromatic carbocycles. The van der Waals surface area contributed by atoms with E-state index < -0.39 is 6.10 Å². The molecule has 0 spiro atoms. The average Bonchev–Trinajstić information content (AvgIpc) is 3.07. The molecule has 0 amide bonds. The van der Waals surface area contributed by atoms with E-state index >= 15 is 0 Å². The number of hydrogen-bond acceptors (Lipinski definition) is 4. The fraction of sp³-hybridized carbons (Fsp3) is 0.357. The van der Waals surface area contributed by atoms with E-state index in [1.165, 1.54) is 4.88 Å². The van der Waals surface area contributed by atoms with E-state index in [4.69, 9.17) is 4.42 Å². The summed E-state index contributed by atoms with van der Waals surface area (Å²) in [7, 11) is 1.70. The first-order valence-corrected chi connectivity index (χ1v) is 8.17. The van der Waals surface area contributed by atoms with E-state index in [2.05, 4.69) is 37.6 Å². The second-order valence-corrected chi connectivity index (χ2v) is 6.41. The van der Waals surface area contributed by atoms with Crippen LogP contribution in [0.15, 0.2) is 37.5 Å². The lowest BCUT2D eigenvalue weighted by Crippen LogP contribution is -2.38. The maximum absolute atomic E-state index is 10.0. The lowest BCUT2D eigenvalue weighted by atomic mass is 10.3. The third-order valence-corrected chi connectivity index (χ3v) is 4.53. The molecule has 1 unspecified atom stereocenters. The zero-order valence-electron chi connectivity index (χ0n) is 12.3. The van der Waals surface area contributed by atoms with Gasteiger partial charge in [0, 0.05) is 21.8 Å². The van der Waals surface area contributed by atoms with Gasteiger partial charge in [-0.15, -0.1) is 35.3 Å². The summed E-state index contributed by atoms with van der Waals surface area (Å²) in [4.78, 5) is 5.33. The summed E-state index contributed by atoms with van der Waals surface area (Å²) in [6.07, 6.45) is -0.701. The van der Waals surface area contributed by atoms with Crippen molar-refractivity contribution < 1.29 is 9.52 Å². The van der Waals surface area contributed by atoms with Crippen LogP contribution in [0.25, 0.3) is 0 Å². The van der Waals surface area contributed by atoms with Crippen LogP contribution in [0.3, 0.4) is 0 Å². The zero-order valence-corrected chi connectivity index (χ0v) is 17.0. The van der Waals surface area contributed by atoms with Crippen molar-refractivity contribution in [1.82, 2.24) is 10.6 Å². The van der Waals surface area contributed by atoms with Crippen LogP contribution in [0.1, 0.15) is 22.5 Å². The molecule has 5 nitrogen and oxygen atoms in total. The van der Waals surface area contributed by atoms with Gasteiger partial charge in [0.2, 0.25) is 0 Å². The van der Waals surface area contributed by atoms with Crippen LogP contribution in [0.4, 0.5) is 0 Å². The number of nitrogens with one attached hydrogen (secondary N) is 2. The number of halogens is 2. The number of furan rings is 1. The summed E-state index contributed by atoms with van der Waals surface area (Å²) < 4.78 is 6.47. The summed E-state index contributed by atoms with van der Waals surface area (Å²) in [6.45, 7) is 2.87. The second kappa shape index (κ2) is 9.53. The van der Waals surface area contributed by atoms with Crippen molar-refractivity contribution in [3.63, 3.8) is 0 Å². The minimum atomic E-state index is -0.701. The van der Waals surface area contributed by atoms with E-state index in [1.807, 2.05) is 18.4 Å². The fourth-order valence-electron chi connectivity index (χ4n) is 1.76. The standard InChI is InChI=1S/C14H18BrN3O2S.HI/c1-9-3-4-13(20-9)12(19)7-18-14(16-2)17-6-11-5-10(15)8-21-11;/h3-5,8,12,19H,6-7H2,1-2H3,(H2,16,17,18);1H. The largest absolute Gasteiger partial charge is 0.464 e. The van der Waals surface area contributed by atoms with Crippen molar-refractivity contribution in [2.45, 2.75) is 19.6 Å². The summed E-state index contributed by atoms with van der Waals surface area (Å²) in [6, 6.07) is 5.67. The molecule has 0 fully saturated rings. The van der Waals surface area contributed by atoms with Gasteiger partial charge in [0.25, 0.3) is 0 Å². The fourth-order valence-corrected chi connectivity index (χ4v) is 3.16. The molecular formula is C14H19BrIN3O2S. The van der Waals surface area contributed by atoms with Gasteiger partial charge in [0.1, 0.15) is 17.6 Å². The molecule has 0 saturated carbocycles. The summed E-state index contributed by atoms with van der Waals surface area (Å²) in [5.41, 5.74) is 0. The number of nitrogens with zero attached hydrogens (tertiary/aromatic N) is 1. The Morgan fingerprint density at radius 3 is 2.77 bits per heavy atom. The van der Waals surface area contributed by atoms with E-state index in [1.54, 1.807) is 24.5 Å². The van der Waals surface area contributed by atoms with Gasteiger partial charge >= 0.3 is 0 Å². The van der Waals surface area contributed by atoms with Crippen LogP contribution < -0.4 is 10.6 Å². The predicted molar refractivity (Wildman–Crippen MR) is 104 cm³/mol. The van der Waals surface area contributed by atoms with Crippen molar-refractivity contribution in [2.24, 2.45) is 4.99 Å². The third kappa shape index (κ3) is 5.90. The Bertz CT molecular complexity index is 615. The molecule has 3 N–H and O–H groups in total. The Morgan fingerprint density at radius 1 is 1.45 bits per heavy atom. The molecule has 2 aromatic rings. The highest BCUT2D eigenvalue weighted by molar-refractivity contribution is 14.0. The first-order chi connectivity index (χ1) is 10.1. The van der Waals surface area contributed by atoms with E-state index in [0.717, 1.165) is 10.2 Å². The molecule has 0 aliphatic carbocycles. The summed E-state index contributed by atoms with van der Waals surface area (Å²) >= 11 is 5.10. The van der Waals surface area contributed by atoms with Gasteiger partial charge in [-0.05, 0) is 41.1 Å². The minimum Gasteiger partial charge on any atom is -0.464 e. The van der Waals surface area contributed by atoms with Crippen molar-refractivity contribution >= 4 is 57.2 Å². The highest BCUT2D eigenvalue weighted by atomic mass is 127. The Hall–Kier alpha value is -0.580. The predicted octanol–water partition coefficient (Wildman–Crippen LogP) is 3.43. The molecule has 8 heteroatoms. The Kier molecular flexibility index (Phi) is 8.44. The monoisotopic (exact) mass is 499 g/mol. The van der Waals surface area contributed by atoms with Crippen LogP contribution in [0, 0.1) is 6.92 Å². The Labute approximate surface area is 159 Å². The van der Waals surface area contributed by atoms with Gasteiger partial charge in [-0.1, -0.05) is 0 Å². The Balaban J connectivity index is 0.00000242. The minimum absolute atomic E-state index is 0. The van der Waals surface area contributed by atoms with Gasteiger partial charge in [-0.25, -0.2) is 0 Å². The lowest BCUT2D eigenvalue weighted by Gasteiger charge is -2.13. The van der Waals surface area contributed by atoms with E-state index in [-0.39, 0.29) is 24.0 Å². The molecule has 2 aromatic heterocycles. The molecule has 0 aliphatic rings. The molecule has 0 saturated heterocycles. The van der Waals surface area contributed by atoms with Crippen LogP contribution in [0.2, 0.25) is 0 Å². The van der Waals surface area contributed by atoms with Crippen LogP contribution in [0.5, 0.6) is 0 Å². The molecule has 0 radical (unpaired) electrons. The molecule has 0 bridgehead atoms. The highest BCUT2D eigenvalue weighted by Gasteiger charge is 2.12. The first-order valence-electron chi connectivity index (χ1n) is 6.50. The number of hydrogen-bond donors (Lipinski definition) is 3. The number of guanidine groups is 1. The van der Waals surface area contributed by atoms with Crippen molar-refractivity contribution in [3.05, 3.63) is 44.4 Å². The van der Waals surface area contributed by atoms with Crippen molar-refractivity contribution in [3.8, 4) is 0 Å². The van der Waals surface area contributed by atoms with Gasteiger partial charge < -0.3 is 20.2 Å². The van der Waals surface area contributed by atoms with Crippen LogP contribution >= 0.6 is 51.2 Å². The normalized spacial score (nSPS) is 12.6. The van der Waals surface area contributed by atoms with Gasteiger partial charge in [0.05, 0.1) is 13.1 Å². The highest BCUT2D eigenvalue weighted by Crippen LogP contribution is 2.19. The van der Waals surface area contributed by atoms with Crippen molar-refractivity contribution in [2.75, 3.05) is 13.6 Å². The zero-order chi connectivity index (χ0) is 15.2. The van der Waals surface area contributed by atoms with Gasteiger partial charge in [-0.3, -0.25) is 4.99 Å². The number of aliphatic hydroxyl groups excluding tert-OH is 1. The molecule has 1 atom stereocenters. The molecule has 0 aliphatic heterocycles. The second-order valence-electron chi connectivity index (χ2n) is 4.50. The molecule has 2 rings (SSSR count). The van der Waals surface area contributed by atoms with Gasteiger partial charge in [0.15, 0.2) is 5.96 Å². The number of aliphatic hydroxyl groups is 1. The topological polar surface area (TPSA) is 69.8 Å². The SMILES string of the molecule is CN=C(NCc1cc(Br)cs1)NCC(O)c1ccc(C)o1.I. The molecule has 2 heterocycles. The molecule has 122 valence electrons. The summed E-state index contributed by atoms with van der Waals surface area (Å²) in [5.74, 6) is 1.98. The maximum Gasteiger partial charge on any atom is 0.191 e.